The van der Waals surface area contributed by atoms with Crippen molar-refractivity contribution >= 4 is 0 Å². The van der Waals surface area contributed by atoms with Crippen molar-refractivity contribution < 1.29 is 10.2 Å². The first-order valence-corrected chi connectivity index (χ1v) is 8.20. The van der Waals surface area contributed by atoms with Crippen LogP contribution in [-0.2, 0) is 5.41 Å². The molecule has 2 nitrogen and oxygen atoms in total. The molecular weight excluding hydrogens is 284 g/mol. The fourth-order valence-electron chi connectivity index (χ4n) is 2.95. The molecule has 0 amide bonds. The van der Waals surface area contributed by atoms with Gasteiger partial charge in [-0.05, 0) is 77.3 Å². The largest absolute Gasteiger partial charge is 0.508 e. The Morgan fingerprint density at radius 2 is 1.48 bits per heavy atom. The van der Waals surface area contributed by atoms with Crippen LogP contribution in [0.3, 0.4) is 0 Å². The van der Waals surface area contributed by atoms with E-state index in [1.54, 1.807) is 0 Å². The second-order valence-corrected chi connectivity index (χ2v) is 7.82. The molecule has 0 aliphatic carbocycles. The van der Waals surface area contributed by atoms with Gasteiger partial charge in [-0.3, -0.25) is 0 Å². The van der Waals surface area contributed by atoms with Crippen LogP contribution in [0.5, 0.6) is 11.5 Å². The quantitative estimate of drug-likeness (QED) is 0.735. The molecule has 2 heteroatoms. The third-order valence-electron chi connectivity index (χ3n) is 4.41. The van der Waals surface area contributed by atoms with Gasteiger partial charge in [0.2, 0.25) is 0 Å². The Morgan fingerprint density at radius 3 is 2.00 bits per heavy atom. The van der Waals surface area contributed by atoms with Gasteiger partial charge in [-0.15, -0.1) is 0 Å². The Kier molecular flexibility index (Phi) is 4.48. The summed E-state index contributed by atoms with van der Waals surface area (Å²) < 4.78 is 0. The lowest BCUT2D eigenvalue weighted by Crippen LogP contribution is -2.12. The average Bonchev–Trinajstić information content (AvgIpc) is 2.42. The summed E-state index contributed by atoms with van der Waals surface area (Å²) in [7, 11) is 0. The highest BCUT2D eigenvalue weighted by molar-refractivity contribution is 5.73. The van der Waals surface area contributed by atoms with Crippen molar-refractivity contribution in [2.75, 3.05) is 0 Å². The van der Waals surface area contributed by atoms with Gasteiger partial charge in [-0.2, -0.15) is 0 Å². The zero-order valence-electron chi connectivity index (χ0n) is 15.3. The minimum Gasteiger partial charge on any atom is -0.508 e. The van der Waals surface area contributed by atoms with E-state index in [1.807, 2.05) is 32.0 Å². The number of hydrogen-bond acceptors (Lipinski definition) is 2. The van der Waals surface area contributed by atoms with Gasteiger partial charge in [0.05, 0.1) is 0 Å². The monoisotopic (exact) mass is 312 g/mol. The molecule has 0 heterocycles. The molecule has 0 atom stereocenters. The first-order chi connectivity index (χ1) is 10.5. The Labute approximate surface area is 139 Å². The van der Waals surface area contributed by atoms with Crippen molar-refractivity contribution in [3.8, 4) is 22.6 Å². The number of phenols is 2. The predicted molar refractivity (Wildman–Crippen MR) is 97.5 cm³/mol. The van der Waals surface area contributed by atoms with E-state index in [9.17, 15) is 10.2 Å². The molecule has 2 aromatic rings. The average molecular weight is 312 g/mol. The van der Waals surface area contributed by atoms with Crippen molar-refractivity contribution in [2.45, 2.75) is 59.8 Å². The lowest BCUT2D eigenvalue weighted by Gasteiger charge is -2.24. The van der Waals surface area contributed by atoms with E-state index < -0.39 is 0 Å². The Hall–Kier alpha value is -1.96. The second-order valence-electron chi connectivity index (χ2n) is 7.82. The summed E-state index contributed by atoms with van der Waals surface area (Å²) in [4.78, 5) is 0. The molecule has 2 rings (SSSR count). The number of benzene rings is 2. The first kappa shape index (κ1) is 17.4. The van der Waals surface area contributed by atoms with E-state index in [-0.39, 0.29) is 5.41 Å². The summed E-state index contributed by atoms with van der Waals surface area (Å²) in [6, 6.07) is 8.03. The van der Waals surface area contributed by atoms with Gasteiger partial charge in [0.1, 0.15) is 11.5 Å². The third-order valence-corrected chi connectivity index (χ3v) is 4.41. The van der Waals surface area contributed by atoms with Crippen LogP contribution < -0.4 is 0 Å². The van der Waals surface area contributed by atoms with E-state index in [0.717, 1.165) is 33.4 Å². The summed E-state index contributed by atoms with van der Waals surface area (Å²) >= 11 is 0. The number of aromatic hydroxyl groups is 2. The van der Waals surface area contributed by atoms with Crippen LogP contribution in [0.15, 0.2) is 24.3 Å². The lowest BCUT2D eigenvalue weighted by molar-refractivity contribution is 0.443. The Bertz CT molecular complexity index is 734. The minimum atomic E-state index is -0.130. The molecule has 0 saturated carbocycles. The van der Waals surface area contributed by atoms with Crippen molar-refractivity contribution in [1.29, 1.82) is 0 Å². The molecule has 2 N–H and O–H groups in total. The van der Waals surface area contributed by atoms with Gasteiger partial charge in [0, 0.05) is 5.56 Å². The number of rotatable bonds is 2. The van der Waals surface area contributed by atoms with Gasteiger partial charge < -0.3 is 10.2 Å². The van der Waals surface area contributed by atoms with Crippen LogP contribution in [0.4, 0.5) is 0 Å². The topological polar surface area (TPSA) is 40.5 Å². The van der Waals surface area contributed by atoms with E-state index in [2.05, 4.69) is 40.7 Å². The Morgan fingerprint density at radius 1 is 0.870 bits per heavy atom. The summed E-state index contributed by atoms with van der Waals surface area (Å²) in [5, 5.41) is 20.5. The third kappa shape index (κ3) is 3.36. The molecule has 0 radical (unpaired) electrons. The number of hydrogen-bond donors (Lipinski definition) is 2. The molecule has 23 heavy (non-hydrogen) atoms. The fourth-order valence-corrected chi connectivity index (χ4v) is 2.95. The molecule has 2 aromatic carbocycles. The van der Waals surface area contributed by atoms with Gasteiger partial charge in [-0.1, -0.05) is 34.6 Å². The SMILES string of the molecule is Cc1cc(-c2cc(C)c(O)c(C(C)(C)C)c2)c(C(C)C)cc1O. The molecule has 0 saturated heterocycles. The molecule has 0 unspecified atom stereocenters. The van der Waals surface area contributed by atoms with Gasteiger partial charge >= 0.3 is 0 Å². The smallest absolute Gasteiger partial charge is 0.122 e. The predicted octanol–water partition coefficient (Wildman–Crippen LogP) is 5.80. The minimum absolute atomic E-state index is 0.130. The first-order valence-electron chi connectivity index (χ1n) is 8.20. The standard InChI is InChI=1S/C21H28O2/c1-12(2)16-11-19(22)13(3)9-17(16)15-8-14(4)20(23)18(10-15)21(5,6)7/h8-12,22-23H,1-7H3. The van der Waals surface area contributed by atoms with Gasteiger partial charge in [0.15, 0.2) is 0 Å². The molecule has 0 bridgehead atoms. The zero-order chi connectivity index (χ0) is 17.5. The molecule has 124 valence electrons. The van der Waals surface area contributed by atoms with Crippen LogP contribution in [0.1, 0.15) is 62.8 Å². The van der Waals surface area contributed by atoms with Crippen molar-refractivity contribution in [2.24, 2.45) is 0 Å². The van der Waals surface area contributed by atoms with E-state index in [0.29, 0.717) is 17.4 Å². The highest BCUT2D eigenvalue weighted by Crippen LogP contribution is 2.40. The van der Waals surface area contributed by atoms with Crippen molar-refractivity contribution in [3.05, 3.63) is 46.5 Å². The van der Waals surface area contributed by atoms with Crippen molar-refractivity contribution in [1.82, 2.24) is 0 Å². The number of phenolic OH excluding ortho intramolecular Hbond substituents is 2. The maximum atomic E-state index is 10.4. The maximum Gasteiger partial charge on any atom is 0.122 e. The summed E-state index contributed by atoms with van der Waals surface area (Å²) in [6.45, 7) is 14.4. The van der Waals surface area contributed by atoms with Crippen LogP contribution in [0.25, 0.3) is 11.1 Å². The van der Waals surface area contributed by atoms with E-state index in [1.165, 1.54) is 0 Å². The lowest BCUT2D eigenvalue weighted by atomic mass is 9.82. The van der Waals surface area contributed by atoms with Crippen LogP contribution in [-0.4, -0.2) is 10.2 Å². The van der Waals surface area contributed by atoms with E-state index >= 15 is 0 Å². The maximum absolute atomic E-state index is 10.4. The normalized spacial score (nSPS) is 12.0. The summed E-state index contributed by atoms with van der Waals surface area (Å²) in [5.74, 6) is 1.02. The zero-order valence-corrected chi connectivity index (χ0v) is 15.3. The fraction of sp³-hybridized carbons (Fsp3) is 0.429. The van der Waals surface area contributed by atoms with Gasteiger partial charge in [-0.25, -0.2) is 0 Å². The molecule has 0 spiro atoms. The second kappa shape index (κ2) is 5.92. The van der Waals surface area contributed by atoms with Crippen molar-refractivity contribution in [3.63, 3.8) is 0 Å². The Balaban J connectivity index is 2.77. The van der Waals surface area contributed by atoms with E-state index in [4.69, 9.17) is 0 Å². The molecule has 0 aliphatic heterocycles. The molecule has 0 fully saturated rings. The van der Waals surface area contributed by atoms with Crippen LogP contribution in [0, 0.1) is 13.8 Å². The number of aryl methyl sites for hydroxylation is 2. The molecule has 0 aromatic heterocycles. The summed E-state index contributed by atoms with van der Waals surface area (Å²) in [6.07, 6.45) is 0. The van der Waals surface area contributed by atoms with Gasteiger partial charge in [0.25, 0.3) is 0 Å². The molecule has 0 aliphatic rings. The molecular formula is C21H28O2. The van der Waals surface area contributed by atoms with Crippen LogP contribution in [0.2, 0.25) is 0 Å². The highest BCUT2D eigenvalue weighted by atomic mass is 16.3. The highest BCUT2D eigenvalue weighted by Gasteiger charge is 2.22. The van der Waals surface area contributed by atoms with Crippen LogP contribution >= 0.6 is 0 Å². The summed E-state index contributed by atoms with van der Waals surface area (Å²) in [5.41, 5.74) is 5.92.